The summed E-state index contributed by atoms with van der Waals surface area (Å²) in [6.45, 7) is 5.79. The van der Waals surface area contributed by atoms with E-state index in [9.17, 15) is 19.2 Å². The van der Waals surface area contributed by atoms with Crippen LogP contribution in [-0.4, -0.2) is 45.3 Å². The Kier molecular flexibility index (Phi) is 3.48. The maximum atomic E-state index is 16.6. The molecule has 0 radical (unpaired) electrons. The fourth-order valence-electron chi connectivity index (χ4n) is 4.90. The van der Waals surface area contributed by atoms with Crippen LogP contribution in [0.5, 0.6) is 0 Å². The van der Waals surface area contributed by atoms with Gasteiger partial charge in [-0.1, -0.05) is 35.4 Å². The first kappa shape index (κ1) is 17.6. The van der Waals surface area contributed by atoms with E-state index in [1.165, 1.54) is 0 Å². The molecule has 4 atom stereocenters. The second-order valence-electron chi connectivity index (χ2n) is 7.55. The Bertz CT molecular complexity index is 969. The maximum absolute atomic E-state index is 16.6. The van der Waals surface area contributed by atoms with E-state index < -0.39 is 47.3 Å². The molecule has 4 aliphatic rings. The lowest BCUT2D eigenvalue weighted by Gasteiger charge is -2.57. The van der Waals surface area contributed by atoms with Crippen LogP contribution in [0, 0.1) is 6.92 Å². The van der Waals surface area contributed by atoms with E-state index in [1.807, 2.05) is 25.1 Å². The van der Waals surface area contributed by atoms with Crippen molar-refractivity contribution in [3.63, 3.8) is 0 Å². The highest BCUT2D eigenvalue weighted by Crippen LogP contribution is 2.59. The second-order valence-corrected chi connectivity index (χ2v) is 7.55. The van der Waals surface area contributed by atoms with Crippen LogP contribution in [0.4, 0.5) is 9.18 Å². The van der Waals surface area contributed by atoms with Gasteiger partial charge in [0, 0.05) is 19.8 Å². The Hall–Kier alpha value is -2.83. The number of carbonyl (C=O) groups excluding carboxylic acids is 4. The molecule has 0 N–H and O–H groups in total. The lowest BCUT2D eigenvalue weighted by atomic mass is 9.56. The maximum Gasteiger partial charge on any atom is 0.340 e. The van der Waals surface area contributed by atoms with E-state index in [-0.39, 0.29) is 4.90 Å². The van der Waals surface area contributed by atoms with Crippen molar-refractivity contribution >= 4 is 23.8 Å². The van der Waals surface area contributed by atoms with Crippen molar-refractivity contribution < 1.29 is 23.6 Å². The molecule has 1 aromatic rings. The Morgan fingerprint density at radius 3 is 2.33 bits per heavy atom. The Morgan fingerprint density at radius 1 is 1.07 bits per heavy atom. The highest BCUT2D eigenvalue weighted by atomic mass is 19.1. The molecule has 1 saturated heterocycles. The average Bonchev–Trinajstić information content (AvgIpc) is 2.56. The molecule has 0 aromatic heterocycles. The van der Waals surface area contributed by atoms with Crippen LogP contribution >= 0.6 is 0 Å². The number of alkyl halides is 1. The van der Waals surface area contributed by atoms with E-state index in [0.717, 1.165) is 29.9 Å². The Labute approximate surface area is 155 Å². The Morgan fingerprint density at radius 2 is 1.74 bits per heavy atom. The predicted octanol–water partition coefficient (Wildman–Crippen LogP) is 2.57. The SMILES string of the molecule is CC(=O)N1C(=O)N(C(C)=O)[C@@H]2[C@H]3C=C(C)[C@H](c4ccc(C)cc43)[C@]2(F)C1=O. The summed E-state index contributed by atoms with van der Waals surface area (Å²) in [7, 11) is 0. The fraction of sp³-hybridized carbons (Fsp3) is 0.400. The molecule has 0 unspecified atom stereocenters. The number of aryl methyl sites for hydroxylation is 1. The number of allylic oxidation sites excluding steroid dienone is 1. The number of hydrogen-bond acceptors (Lipinski definition) is 4. The monoisotopic (exact) mass is 370 g/mol. The van der Waals surface area contributed by atoms with Crippen molar-refractivity contribution in [1.29, 1.82) is 0 Å². The zero-order valence-corrected chi connectivity index (χ0v) is 15.4. The van der Waals surface area contributed by atoms with E-state index in [1.54, 1.807) is 13.0 Å². The number of amides is 5. The third-order valence-corrected chi connectivity index (χ3v) is 5.86. The van der Waals surface area contributed by atoms with Crippen molar-refractivity contribution in [2.75, 3.05) is 0 Å². The first-order valence-corrected chi connectivity index (χ1v) is 8.77. The molecule has 140 valence electrons. The summed E-state index contributed by atoms with van der Waals surface area (Å²) in [4.78, 5) is 51.1. The predicted molar refractivity (Wildman–Crippen MR) is 93.5 cm³/mol. The zero-order chi connectivity index (χ0) is 19.8. The molecule has 1 fully saturated rings. The molecular weight excluding hydrogens is 351 g/mol. The molecule has 1 aliphatic heterocycles. The Balaban J connectivity index is 2.03. The number of halogens is 1. The average molecular weight is 370 g/mol. The van der Waals surface area contributed by atoms with Gasteiger partial charge in [-0.3, -0.25) is 19.3 Å². The van der Waals surface area contributed by atoms with Crippen LogP contribution in [0.2, 0.25) is 0 Å². The number of rotatable bonds is 0. The third kappa shape index (κ3) is 1.99. The second kappa shape index (κ2) is 5.34. The summed E-state index contributed by atoms with van der Waals surface area (Å²) in [6, 6.07) is 3.16. The van der Waals surface area contributed by atoms with Gasteiger partial charge in [0.15, 0.2) is 0 Å². The molecular formula is C20H19FN2O4. The number of urea groups is 1. The summed E-state index contributed by atoms with van der Waals surface area (Å²) in [5, 5.41) is 0. The minimum Gasteiger partial charge on any atom is -0.275 e. The summed E-state index contributed by atoms with van der Waals surface area (Å²) < 4.78 is 16.6. The minimum absolute atomic E-state index is 0.264. The molecule has 2 bridgehead atoms. The molecule has 5 amide bonds. The van der Waals surface area contributed by atoms with Crippen molar-refractivity contribution in [2.45, 2.75) is 51.2 Å². The van der Waals surface area contributed by atoms with E-state index in [2.05, 4.69) is 0 Å². The smallest absolute Gasteiger partial charge is 0.275 e. The van der Waals surface area contributed by atoms with Gasteiger partial charge < -0.3 is 0 Å². The van der Waals surface area contributed by atoms with Gasteiger partial charge in [-0.05, 0) is 25.0 Å². The number of nitrogens with zero attached hydrogens (tertiary/aromatic N) is 2. The standard InChI is InChI=1S/C20H19FN2O4/c1-9-5-6-13-14(7-9)15-8-10(2)16(13)20(21)17(15)22(11(3)24)19(27)23(12(4)25)18(20)26/h5-8,15-17H,1-4H3/t15-,16+,17+,20+/m0/s1. The molecule has 3 aliphatic carbocycles. The molecule has 0 saturated carbocycles. The zero-order valence-electron chi connectivity index (χ0n) is 15.4. The van der Waals surface area contributed by atoms with Crippen molar-refractivity contribution in [3.05, 3.63) is 46.5 Å². The van der Waals surface area contributed by atoms with Crippen molar-refractivity contribution in [2.24, 2.45) is 0 Å². The van der Waals surface area contributed by atoms with Crippen LogP contribution in [0.15, 0.2) is 29.8 Å². The van der Waals surface area contributed by atoms with Gasteiger partial charge in [-0.2, -0.15) is 4.90 Å². The summed E-state index contributed by atoms with van der Waals surface area (Å²) in [5.74, 6) is -4.37. The third-order valence-electron chi connectivity index (χ3n) is 5.86. The molecule has 5 rings (SSSR count). The lowest BCUT2D eigenvalue weighted by molar-refractivity contribution is -0.164. The number of imide groups is 4. The summed E-state index contributed by atoms with van der Waals surface area (Å²) in [5.41, 5.74) is 0.526. The van der Waals surface area contributed by atoms with E-state index in [0.29, 0.717) is 11.1 Å². The van der Waals surface area contributed by atoms with Crippen LogP contribution < -0.4 is 0 Å². The molecule has 0 spiro atoms. The summed E-state index contributed by atoms with van der Waals surface area (Å²) >= 11 is 0. The van der Waals surface area contributed by atoms with Gasteiger partial charge in [0.1, 0.15) is 0 Å². The molecule has 27 heavy (non-hydrogen) atoms. The first-order valence-electron chi connectivity index (χ1n) is 8.77. The van der Waals surface area contributed by atoms with Crippen molar-refractivity contribution in [1.82, 2.24) is 9.80 Å². The van der Waals surface area contributed by atoms with E-state index in [4.69, 9.17) is 0 Å². The van der Waals surface area contributed by atoms with Gasteiger partial charge in [0.2, 0.25) is 17.5 Å². The molecule has 6 nitrogen and oxygen atoms in total. The van der Waals surface area contributed by atoms with E-state index >= 15 is 4.39 Å². The van der Waals surface area contributed by atoms with Crippen LogP contribution in [0.3, 0.4) is 0 Å². The van der Waals surface area contributed by atoms with Gasteiger partial charge in [-0.15, -0.1) is 0 Å². The van der Waals surface area contributed by atoms with Gasteiger partial charge in [0.25, 0.3) is 5.91 Å². The van der Waals surface area contributed by atoms with Crippen LogP contribution in [0.1, 0.15) is 49.3 Å². The number of carbonyl (C=O) groups is 4. The number of benzene rings is 1. The largest absolute Gasteiger partial charge is 0.340 e. The van der Waals surface area contributed by atoms with Gasteiger partial charge in [0.05, 0.1) is 12.0 Å². The van der Waals surface area contributed by atoms with Gasteiger partial charge in [-0.25, -0.2) is 9.18 Å². The first-order chi connectivity index (χ1) is 12.6. The lowest BCUT2D eigenvalue weighted by Crippen LogP contribution is -2.75. The topological polar surface area (TPSA) is 74.8 Å². The number of hydrogen-bond donors (Lipinski definition) is 0. The molecule has 7 heteroatoms. The van der Waals surface area contributed by atoms with Crippen LogP contribution in [0.25, 0.3) is 0 Å². The highest BCUT2D eigenvalue weighted by molar-refractivity contribution is 6.18. The fourth-order valence-corrected chi connectivity index (χ4v) is 4.90. The van der Waals surface area contributed by atoms with Crippen LogP contribution in [-0.2, 0) is 14.4 Å². The van der Waals surface area contributed by atoms with Gasteiger partial charge >= 0.3 is 6.03 Å². The molecule has 1 aromatic carbocycles. The summed E-state index contributed by atoms with van der Waals surface area (Å²) in [6.07, 6.45) is 1.83. The van der Waals surface area contributed by atoms with Crippen molar-refractivity contribution in [3.8, 4) is 0 Å². The normalized spacial score (nSPS) is 31.4. The highest BCUT2D eigenvalue weighted by Gasteiger charge is 2.70. The minimum atomic E-state index is -2.57. The molecule has 1 heterocycles. The quantitative estimate of drug-likeness (QED) is 0.658.